The Bertz CT molecular complexity index is 503. The van der Waals surface area contributed by atoms with Crippen LogP contribution in [0.3, 0.4) is 0 Å². The second kappa shape index (κ2) is 8.15. The number of benzene rings is 1. The third-order valence-electron chi connectivity index (χ3n) is 3.73. The van der Waals surface area contributed by atoms with Crippen molar-refractivity contribution in [2.75, 3.05) is 19.8 Å². The van der Waals surface area contributed by atoms with Gasteiger partial charge < -0.3 is 19.9 Å². The first-order chi connectivity index (χ1) is 10.7. The molecule has 0 aliphatic heterocycles. The number of fused-ring (bicyclic) bond motifs is 1. The number of nitrogens with two attached hydrogens (primary N) is 1. The van der Waals surface area contributed by atoms with Crippen LogP contribution in [0.2, 0.25) is 0 Å². The zero-order valence-corrected chi connectivity index (χ0v) is 13.3. The molecule has 2 rings (SSSR count). The molecule has 22 heavy (non-hydrogen) atoms. The molecule has 0 saturated heterocycles. The quantitative estimate of drug-likeness (QED) is 0.590. The van der Waals surface area contributed by atoms with Gasteiger partial charge in [-0.3, -0.25) is 4.79 Å². The Morgan fingerprint density at radius 1 is 1.32 bits per heavy atom. The van der Waals surface area contributed by atoms with E-state index in [1.807, 2.05) is 25.1 Å². The third kappa shape index (κ3) is 3.99. The van der Waals surface area contributed by atoms with Crippen molar-refractivity contribution in [3.63, 3.8) is 0 Å². The predicted octanol–water partition coefficient (Wildman–Crippen LogP) is 2.37. The van der Waals surface area contributed by atoms with Gasteiger partial charge in [0.25, 0.3) is 0 Å². The second-order valence-corrected chi connectivity index (χ2v) is 5.32. The van der Waals surface area contributed by atoms with Crippen molar-refractivity contribution in [3.8, 4) is 5.75 Å². The fourth-order valence-electron chi connectivity index (χ4n) is 2.81. The van der Waals surface area contributed by atoms with Gasteiger partial charge in [0.15, 0.2) is 0 Å². The molecule has 2 N–H and O–H groups in total. The van der Waals surface area contributed by atoms with Crippen molar-refractivity contribution in [1.29, 1.82) is 0 Å². The maximum Gasteiger partial charge on any atom is 0.305 e. The summed E-state index contributed by atoms with van der Waals surface area (Å²) in [6.07, 6.45) is 1.65. The Morgan fingerprint density at radius 2 is 2.14 bits per heavy atom. The zero-order chi connectivity index (χ0) is 15.9. The lowest BCUT2D eigenvalue weighted by molar-refractivity contribution is -0.143. The molecule has 1 aliphatic rings. The average Bonchev–Trinajstić information content (AvgIpc) is 2.81. The van der Waals surface area contributed by atoms with Crippen molar-refractivity contribution in [2.24, 2.45) is 5.73 Å². The van der Waals surface area contributed by atoms with E-state index in [9.17, 15) is 4.79 Å². The van der Waals surface area contributed by atoms with Gasteiger partial charge in [0.1, 0.15) is 5.75 Å². The van der Waals surface area contributed by atoms with Gasteiger partial charge in [-0.15, -0.1) is 0 Å². The van der Waals surface area contributed by atoms with Crippen molar-refractivity contribution in [2.45, 2.75) is 45.3 Å². The zero-order valence-electron chi connectivity index (χ0n) is 13.3. The van der Waals surface area contributed by atoms with Crippen LogP contribution in [0.5, 0.6) is 5.75 Å². The number of hydrogen-bond acceptors (Lipinski definition) is 5. The Labute approximate surface area is 131 Å². The van der Waals surface area contributed by atoms with Crippen LogP contribution in [-0.2, 0) is 20.7 Å². The number of rotatable bonds is 8. The summed E-state index contributed by atoms with van der Waals surface area (Å²) in [4.78, 5) is 11.3. The molecule has 1 aliphatic carbocycles. The van der Waals surface area contributed by atoms with Crippen LogP contribution in [0, 0.1) is 0 Å². The fraction of sp³-hybridized carbons (Fsp3) is 0.588. The van der Waals surface area contributed by atoms with Crippen LogP contribution in [0.15, 0.2) is 18.2 Å². The Morgan fingerprint density at radius 3 is 2.86 bits per heavy atom. The summed E-state index contributed by atoms with van der Waals surface area (Å²) >= 11 is 0. The van der Waals surface area contributed by atoms with E-state index >= 15 is 0 Å². The van der Waals surface area contributed by atoms with E-state index in [1.54, 1.807) is 6.92 Å². The van der Waals surface area contributed by atoms with E-state index in [-0.39, 0.29) is 18.1 Å². The lowest BCUT2D eigenvalue weighted by atomic mass is 10.1. The number of ether oxygens (including phenoxy) is 3. The molecule has 5 heteroatoms. The highest BCUT2D eigenvalue weighted by Gasteiger charge is 2.32. The predicted molar refractivity (Wildman–Crippen MR) is 83.9 cm³/mol. The molecule has 122 valence electrons. The minimum absolute atomic E-state index is 0.0702. The first-order valence-electron chi connectivity index (χ1n) is 7.94. The molecule has 0 spiro atoms. The summed E-state index contributed by atoms with van der Waals surface area (Å²) < 4.78 is 16.5. The molecule has 1 aromatic rings. The van der Waals surface area contributed by atoms with E-state index in [0.29, 0.717) is 32.7 Å². The van der Waals surface area contributed by atoms with Crippen LogP contribution >= 0.6 is 0 Å². The molecule has 0 fully saturated rings. The van der Waals surface area contributed by atoms with Gasteiger partial charge in [-0.05, 0) is 38.3 Å². The molecule has 5 nitrogen and oxygen atoms in total. The number of esters is 1. The smallest absolute Gasteiger partial charge is 0.305 e. The van der Waals surface area contributed by atoms with Gasteiger partial charge in [-0.25, -0.2) is 0 Å². The summed E-state index contributed by atoms with van der Waals surface area (Å²) in [6.45, 7) is 5.32. The number of carbonyl (C=O) groups is 1. The van der Waals surface area contributed by atoms with Crippen molar-refractivity contribution >= 4 is 5.97 Å². The van der Waals surface area contributed by atoms with E-state index < -0.39 is 0 Å². The van der Waals surface area contributed by atoms with Crippen molar-refractivity contribution in [3.05, 3.63) is 29.3 Å². The molecule has 2 unspecified atom stereocenters. The topological polar surface area (TPSA) is 70.8 Å². The summed E-state index contributed by atoms with van der Waals surface area (Å²) in [5.41, 5.74) is 8.46. The largest absolute Gasteiger partial charge is 0.494 e. The highest BCUT2D eigenvalue weighted by Crippen LogP contribution is 2.38. The summed E-state index contributed by atoms with van der Waals surface area (Å²) in [6, 6.07) is 5.91. The molecule has 0 radical (unpaired) electrons. The lowest BCUT2D eigenvalue weighted by Gasteiger charge is -2.17. The SMILES string of the molecule is CCOC(=O)CCCOC1c2cccc(OCC)c2CC1N. The summed E-state index contributed by atoms with van der Waals surface area (Å²) in [5.74, 6) is 0.717. The first kappa shape index (κ1) is 16.8. The third-order valence-corrected chi connectivity index (χ3v) is 3.73. The molecule has 1 aromatic carbocycles. The molecule has 0 aromatic heterocycles. The monoisotopic (exact) mass is 307 g/mol. The summed E-state index contributed by atoms with van der Waals surface area (Å²) in [5, 5.41) is 0. The first-order valence-corrected chi connectivity index (χ1v) is 7.94. The Balaban J connectivity index is 1.91. The van der Waals surface area contributed by atoms with Crippen LogP contribution in [0.25, 0.3) is 0 Å². The van der Waals surface area contributed by atoms with Gasteiger partial charge >= 0.3 is 5.97 Å². The normalized spacial score (nSPS) is 19.8. The second-order valence-electron chi connectivity index (χ2n) is 5.32. The highest BCUT2D eigenvalue weighted by molar-refractivity contribution is 5.69. The highest BCUT2D eigenvalue weighted by atomic mass is 16.5. The summed E-state index contributed by atoms with van der Waals surface area (Å²) in [7, 11) is 0. The molecule has 0 saturated carbocycles. The van der Waals surface area contributed by atoms with Crippen LogP contribution in [0.1, 0.15) is 43.9 Å². The number of hydrogen-bond donors (Lipinski definition) is 1. The van der Waals surface area contributed by atoms with Gasteiger partial charge in [-0.2, -0.15) is 0 Å². The van der Waals surface area contributed by atoms with E-state index in [2.05, 4.69) is 0 Å². The average molecular weight is 307 g/mol. The molecule has 2 atom stereocenters. The number of carbonyl (C=O) groups excluding carboxylic acids is 1. The van der Waals surface area contributed by atoms with Gasteiger partial charge in [0, 0.05) is 24.6 Å². The molecule has 0 heterocycles. The van der Waals surface area contributed by atoms with Gasteiger partial charge in [0.2, 0.25) is 0 Å². The minimum Gasteiger partial charge on any atom is -0.494 e. The molecule has 0 bridgehead atoms. The fourth-order valence-corrected chi connectivity index (χ4v) is 2.81. The van der Waals surface area contributed by atoms with Gasteiger partial charge in [0.05, 0.1) is 19.3 Å². The molecular weight excluding hydrogens is 282 g/mol. The van der Waals surface area contributed by atoms with Crippen molar-refractivity contribution in [1.82, 2.24) is 0 Å². The van der Waals surface area contributed by atoms with E-state index in [0.717, 1.165) is 23.3 Å². The molecule has 0 amide bonds. The van der Waals surface area contributed by atoms with Crippen LogP contribution < -0.4 is 10.5 Å². The minimum atomic E-state index is -0.180. The van der Waals surface area contributed by atoms with Crippen LogP contribution in [-0.4, -0.2) is 31.8 Å². The standard InChI is InChI=1S/C17H25NO4/c1-3-20-15-8-5-7-12-13(15)11-14(18)17(12)22-10-6-9-16(19)21-4-2/h5,7-8,14,17H,3-4,6,9-11,18H2,1-2H3. The van der Waals surface area contributed by atoms with E-state index in [1.165, 1.54) is 0 Å². The molecular formula is C17H25NO4. The van der Waals surface area contributed by atoms with Crippen molar-refractivity contribution < 1.29 is 19.0 Å². The maximum atomic E-state index is 11.3. The Kier molecular flexibility index (Phi) is 6.21. The van der Waals surface area contributed by atoms with Crippen LogP contribution in [0.4, 0.5) is 0 Å². The maximum absolute atomic E-state index is 11.3. The van der Waals surface area contributed by atoms with E-state index in [4.69, 9.17) is 19.9 Å². The van der Waals surface area contributed by atoms with Gasteiger partial charge in [-0.1, -0.05) is 12.1 Å². The lowest BCUT2D eigenvalue weighted by Crippen LogP contribution is -2.27. The Hall–Kier alpha value is -1.59.